The van der Waals surface area contributed by atoms with E-state index in [9.17, 15) is 4.79 Å². The highest BCUT2D eigenvalue weighted by atomic mass is 16.1. The van der Waals surface area contributed by atoms with Gasteiger partial charge in [-0.2, -0.15) is 5.26 Å². The topological polar surface area (TPSA) is 44.1 Å². The molecule has 15 heavy (non-hydrogen) atoms. The lowest BCUT2D eigenvalue weighted by atomic mass is 10.1. The second kappa shape index (κ2) is 4.14. The largest absolute Gasteiger partial charge is 0.371 e. The summed E-state index contributed by atoms with van der Waals surface area (Å²) in [7, 11) is 0. The van der Waals surface area contributed by atoms with Crippen molar-refractivity contribution in [2.45, 2.75) is 12.8 Å². The number of hydrogen-bond acceptors (Lipinski definition) is 3. The first-order valence-corrected chi connectivity index (χ1v) is 5.09. The molecule has 1 heterocycles. The summed E-state index contributed by atoms with van der Waals surface area (Å²) in [5, 5.41) is 8.73. The molecular formula is C12H12N2O. The second-order valence-electron chi connectivity index (χ2n) is 3.70. The van der Waals surface area contributed by atoms with E-state index >= 15 is 0 Å². The van der Waals surface area contributed by atoms with Gasteiger partial charge in [-0.1, -0.05) is 0 Å². The Morgan fingerprint density at radius 2 is 2.07 bits per heavy atom. The van der Waals surface area contributed by atoms with Gasteiger partial charge in [-0.25, -0.2) is 0 Å². The van der Waals surface area contributed by atoms with Crippen molar-refractivity contribution in [1.82, 2.24) is 0 Å². The summed E-state index contributed by atoms with van der Waals surface area (Å²) in [5.74, 6) is 0. The molecule has 0 spiro atoms. The molecule has 1 saturated heterocycles. The lowest BCUT2D eigenvalue weighted by Crippen LogP contribution is -2.19. The second-order valence-corrected chi connectivity index (χ2v) is 3.70. The number of hydrogen-bond donors (Lipinski definition) is 0. The highest BCUT2D eigenvalue weighted by Crippen LogP contribution is 2.24. The zero-order valence-electron chi connectivity index (χ0n) is 8.44. The molecule has 1 fully saturated rings. The van der Waals surface area contributed by atoms with Gasteiger partial charge in [0.05, 0.1) is 11.6 Å². The zero-order chi connectivity index (χ0) is 10.7. The van der Waals surface area contributed by atoms with Gasteiger partial charge >= 0.3 is 0 Å². The molecule has 0 atom stereocenters. The van der Waals surface area contributed by atoms with Crippen LogP contribution in [-0.2, 0) is 0 Å². The van der Waals surface area contributed by atoms with Crippen molar-refractivity contribution in [2.75, 3.05) is 18.0 Å². The summed E-state index contributed by atoms with van der Waals surface area (Å²) >= 11 is 0. The Balaban J connectivity index is 2.38. The van der Waals surface area contributed by atoms with Gasteiger partial charge in [-0.3, -0.25) is 4.79 Å². The van der Waals surface area contributed by atoms with Crippen molar-refractivity contribution in [3.05, 3.63) is 29.3 Å². The van der Waals surface area contributed by atoms with E-state index in [1.165, 1.54) is 12.8 Å². The van der Waals surface area contributed by atoms with E-state index in [2.05, 4.69) is 4.90 Å². The van der Waals surface area contributed by atoms with E-state index < -0.39 is 0 Å². The molecule has 0 N–H and O–H groups in total. The van der Waals surface area contributed by atoms with Gasteiger partial charge in [0.1, 0.15) is 0 Å². The molecule has 3 nitrogen and oxygen atoms in total. The molecule has 0 unspecified atom stereocenters. The van der Waals surface area contributed by atoms with Crippen LogP contribution < -0.4 is 4.90 Å². The van der Waals surface area contributed by atoms with Crippen LogP contribution >= 0.6 is 0 Å². The fraction of sp³-hybridized carbons (Fsp3) is 0.333. The maximum atomic E-state index is 10.9. The van der Waals surface area contributed by atoms with Crippen molar-refractivity contribution >= 4 is 12.0 Å². The molecule has 3 heteroatoms. The molecule has 1 aromatic carbocycles. The first-order valence-electron chi connectivity index (χ1n) is 5.09. The van der Waals surface area contributed by atoms with E-state index in [-0.39, 0.29) is 0 Å². The molecule has 0 bridgehead atoms. The van der Waals surface area contributed by atoms with Crippen LogP contribution in [0.2, 0.25) is 0 Å². The molecule has 0 amide bonds. The minimum absolute atomic E-state index is 0.542. The van der Waals surface area contributed by atoms with Crippen LogP contribution in [0.15, 0.2) is 18.2 Å². The van der Waals surface area contributed by atoms with E-state index in [4.69, 9.17) is 5.26 Å². The van der Waals surface area contributed by atoms with Gasteiger partial charge in [0.2, 0.25) is 0 Å². The number of anilines is 1. The van der Waals surface area contributed by atoms with Crippen LogP contribution in [0.25, 0.3) is 0 Å². The van der Waals surface area contributed by atoms with E-state index in [0.29, 0.717) is 11.1 Å². The van der Waals surface area contributed by atoms with Gasteiger partial charge in [-0.15, -0.1) is 0 Å². The van der Waals surface area contributed by atoms with Gasteiger partial charge in [-0.05, 0) is 31.0 Å². The number of aldehydes is 1. The summed E-state index contributed by atoms with van der Waals surface area (Å²) in [4.78, 5) is 13.1. The van der Waals surface area contributed by atoms with Gasteiger partial charge in [0.15, 0.2) is 6.29 Å². The minimum Gasteiger partial charge on any atom is -0.371 e. The Morgan fingerprint density at radius 1 is 1.33 bits per heavy atom. The SMILES string of the molecule is N#Cc1ccc(N2CCCC2)c(C=O)c1. The summed E-state index contributed by atoms with van der Waals surface area (Å²) in [6, 6.07) is 7.33. The third-order valence-corrected chi connectivity index (χ3v) is 2.73. The fourth-order valence-electron chi connectivity index (χ4n) is 1.96. The molecule has 0 aliphatic carbocycles. The van der Waals surface area contributed by atoms with Crippen molar-refractivity contribution in [2.24, 2.45) is 0 Å². The smallest absolute Gasteiger partial charge is 0.152 e. The predicted molar refractivity (Wildman–Crippen MR) is 58.0 cm³/mol. The van der Waals surface area contributed by atoms with E-state index in [1.807, 2.05) is 12.1 Å². The van der Waals surface area contributed by atoms with Crippen molar-refractivity contribution < 1.29 is 4.79 Å². The third-order valence-electron chi connectivity index (χ3n) is 2.73. The number of carbonyl (C=O) groups excluding carboxylic acids is 1. The molecule has 1 aromatic rings. The monoisotopic (exact) mass is 200 g/mol. The van der Waals surface area contributed by atoms with Crippen LogP contribution in [-0.4, -0.2) is 19.4 Å². The lowest BCUT2D eigenvalue weighted by molar-refractivity contribution is 0.112. The third kappa shape index (κ3) is 1.84. The fourth-order valence-corrected chi connectivity index (χ4v) is 1.96. The molecule has 76 valence electrons. The molecule has 0 saturated carbocycles. The maximum absolute atomic E-state index is 10.9. The molecule has 0 radical (unpaired) electrons. The quantitative estimate of drug-likeness (QED) is 0.685. The highest BCUT2D eigenvalue weighted by molar-refractivity contribution is 5.85. The van der Waals surface area contributed by atoms with Gasteiger partial charge < -0.3 is 4.90 Å². The number of rotatable bonds is 2. The van der Waals surface area contributed by atoms with Gasteiger partial charge in [0, 0.05) is 24.3 Å². The Morgan fingerprint density at radius 3 is 2.67 bits per heavy atom. The average molecular weight is 200 g/mol. The minimum atomic E-state index is 0.542. The molecule has 1 aliphatic rings. The first kappa shape index (κ1) is 9.72. The lowest BCUT2D eigenvalue weighted by Gasteiger charge is -2.19. The average Bonchev–Trinajstić information content (AvgIpc) is 2.81. The molecule has 2 rings (SSSR count). The van der Waals surface area contributed by atoms with Crippen molar-refractivity contribution in [3.8, 4) is 6.07 Å². The Bertz CT molecular complexity index is 414. The summed E-state index contributed by atoms with van der Waals surface area (Å²) < 4.78 is 0. The molecule has 1 aliphatic heterocycles. The van der Waals surface area contributed by atoms with Crippen LogP contribution in [0, 0.1) is 11.3 Å². The summed E-state index contributed by atoms with van der Waals surface area (Å²) in [5.41, 5.74) is 2.12. The number of carbonyl (C=O) groups is 1. The van der Waals surface area contributed by atoms with Crippen molar-refractivity contribution in [1.29, 1.82) is 5.26 Å². The van der Waals surface area contributed by atoms with Crippen LogP contribution in [0.4, 0.5) is 5.69 Å². The standard InChI is InChI=1S/C12H12N2O/c13-8-10-3-4-12(11(7-10)9-15)14-5-1-2-6-14/h3-4,7,9H,1-2,5-6H2. The first-order chi connectivity index (χ1) is 7.35. The summed E-state index contributed by atoms with van der Waals surface area (Å²) in [6.07, 6.45) is 3.19. The van der Waals surface area contributed by atoms with Crippen LogP contribution in [0.5, 0.6) is 0 Å². The Kier molecular flexibility index (Phi) is 2.68. The predicted octanol–water partition coefficient (Wildman–Crippen LogP) is 1.97. The zero-order valence-corrected chi connectivity index (χ0v) is 8.44. The number of benzene rings is 1. The van der Waals surface area contributed by atoms with Crippen molar-refractivity contribution in [3.63, 3.8) is 0 Å². The summed E-state index contributed by atoms with van der Waals surface area (Å²) in [6.45, 7) is 2.01. The number of nitrogens with zero attached hydrogens (tertiary/aromatic N) is 2. The Hall–Kier alpha value is -1.82. The normalized spacial score (nSPS) is 15.0. The number of nitriles is 1. The molecular weight excluding hydrogens is 188 g/mol. The van der Waals surface area contributed by atoms with Crippen LogP contribution in [0.3, 0.4) is 0 Å². The van der Waals surface area contributed by atoms with E-state index in [0.717, 1.165) is 25.1 Å². The van der Waals surface area contributed by atoms with Crippen LogP contribution in [0.1, 0.15) is 28.8 Å². The molecule has 0 aromatic heterocycles. The Labute approximate surface area is 88.9 Å². The highest BCUT2D eigenvalue weighted by Gasteiger charge is 2.15. The maximum Gasteiger partial charge on any atom is 0.152 e. The van der Waals surface area contributed by atoms with Gasteiger partial charge in [0.25, 0.3) is 0 Å². The van der Waals surface area contributed by atoms with E-state index in [1.54, 1.807) is 12.1 Å².